The Labute approximate surface area is 138 Å². The van der Waals surface area contributed by atoms with Crippen molar-refractivity contribution >= 4 is 5.91 Å². The lowest BCUT2D eigenvalue weighted by atomic mass is 10.1. The summed E-state index contributed by atoms with van der Waals surface area (Å²) in [5, 5.41) is 5.22. The summed E-state index contributed by atoms with van der Waals surface area (Å²) in [6.45, 7) is 2.30. The molecule has 1 aliphatic rings. The van der Waals surface area contributed by atoms with Crippen LogP contribution >= 0.6 is 0 Å². The van der Waals surface area contributed by atoms with Crippen LogP contribution < -0.4 is 15.6 Å². The predicted octanol–water partition coefficient (Wildman–Crippen LogP) is 2.13. The van der Waals surface area contributed by atoms with Crippen LogP contribution in [0.2, 0.25) is 0 Å². The SMILES string of the molecule is CC(NC(=O)c1cc(=O)[nH]n1C)c1ccc(OCC2CC2)c(F)c1. The maximum Gasteiger partial charge on any atom is 0.270 e. The molecule has 1 saturated carbocycles. The van der Waals surface area contributed by atoms with E-state index in [-0.39, 0.29) is 17.0 Å². The number of aromatic amines is 1. The number of hydrogen-bond acceptors (Lipinski definition) is 3. The molecule has 0 bridgehead atoms. The van der Waals surface area contributed by atoms with Crippen LogP contribution in [0.1, 0.15) is 41.9 Å². The van der Waals surface area contributed by atoms with Gasteiger partial charge in [-0.25, -0.2) is 4.39 Å². The number of ether oxygens (including phenoxy) is 1. The van der Waals surface area contributed by atoms with Gasteiger partial charge in [-0.2, -0.15) is 0 Å². The van der Waals surface area contributed by atoms with Crippen LogP contribution in [0.15, 0.2) is 29.1 Å². The fraction of sp³-hybridized carbons (Fsp3) is 0.412. The van der Waals surface area contributed by atoms with Gasteiger partial charge in [-0.1, -0.05) is 6.07 Å². The number of halogens is 1. The van der Waals surface area contributed by atoms with Gasteiger partial charge < -0.3 is 10.1 Å². The number of carbonyl (C=O) groups is 1. The number of aromatic nitrogens is 2. The second kappa shape index (κ2) is 6.51. The molecule has 128 valence electrons. The molecule has 1 amide bonds. The van der Waals surface area contributed by atoms with Crippen molar-refractivity contribution in [2.75, 3.05) is 6.61 Å². The summed E-state index contributed by atoms with van der Waals surface area (Å²) in [5.74, 6) is -0.0615. The molecule has 24 heavy (non-hydrogen) atoms. The van der Waals surface area contributed by atoms with E-state index in [1.54, 1.807) is 26.1 Å². The molecule has 2 aromatic rings. The Morgan fingerprint density at radius 3 is 2.79 bits per heavy atom. The highest BCUT2D eigenvalue weighted by molar-refractivity contribution is 5.92. The molecule has 0 spiro atoms. The highest BCUT2D eigenvalue weighted by atomic mass is 19.1. The molecule has 1 heterocycles. The van der Waals surface area contributed by atoms with Gasteiger partial charge in [-0.3, -0.25) is 19.4 Å². The van der Waals surface area contributed by atoms with Gasteiger partial charge in [-0.15, -0.1) is 0 Å². The lowest BCUT2D eigenvalue weighted by Gasteiger charge is -2.15. The second-order valence-electron chi connectivity index (χ2n) is 6.20. The first kappa shape index (κ1) is 16.3. The Morgan fingerprint density at radius 1 is 1.46 bits per heavy atom. The van der Waals surface area contributed by atoms with Gasteiger partial charge in [-0.05, 0) is 43.4 Å². The molecule has 1 aliphatic carbocycles. The molecule has 3 rings (SSSR count). The fourth-order valence-electron chi connectivity index (χ4n) is 2.45. The quantitative estimate of drug-likeness (QED) is 0.850. The maximum atomic E-state index is 14.1. The first-order chi connectivity index (χ1) is 11.4. The number of rotatable bonds is 6. The van der Waals surface area contributed by atoms with Crippen molar-refractivity contribution in [3.63, 3.8) is 0 Å². The topological polar surface area (TPSA) is 76.1 Å². The average Bonchev–Trinajstić information content (AvgIpc) is 3.29. The van der Waals surface area contributed by atoms with Gasteiger partial charge in [0, 0.05) is 13.1 Å². The van der Waals surface area contributed by atoms with Gasteiger partial charge in [0.1, 0.15) is 5.69 Å². The Kier molecular flexibility index (Phi) is 4.42. The molecule has 0 radical (unpaired) electrons. The van der Waals surface area contributed by atoms with Crippen molar-refractivity contribution in [3.8, 4) is 5.75 Å². The molecule has 6 nitrogen and oxygen atoms in total. The molecule has 1 aromatic heterocycles. The van der Waals surface area contributed by atoms with E-state index in [0.29, 0.717) is 18.1 Å². The summed E-state index contributed by atoms with van der Waals surface area (Å²) in [6.07, 6.45) is 2.29. The van der Waals surface area contributed by atoms with E-state index in [0.717, 1.165) is 12.8 Å². The molecule has 7 heteroatoms. The van der Waals surface area contributed by atoms with Crippen LogP contribution in [0.4, 0.5) is 4.39 Å². The third-order valence-electron chi connectivity index (χ3n) is 4.11. The first-order valence-corrected chi connectivity index (χ1v) is 7.93. The molecule has 0 saturated heterocycles. The normalized spacial score (nSPS) is 15.1. The van der Waals surface area contributed by atoms with Crippen molar-refractivity contribution in [2.24, 2.45) is 13.0 Å². The molecule has 0 aliphatic heterocycles. The highest BCUT2D eigenvalue weighted by Crippen LogP contribution is 2.30. The third kappa shape index (κ3) is 3.67. The summed E-state index contributed by atoms with van der Waals surface area (Å²) in [4.78, 5) is 23.4. The van der Waals surface area contributed by atoms with E-state index < -0.39 is 17.8 Å². The zero-order valence-corrected chi connectivity index (χ0v) is 13.6. The van der Waals surface area contributed by atoms with Crippen LogP contribution in [-0.4, -0.2) is 22.3 Å². The van der Waals surface area contributed by atoms with Crippen molar-refractivity contribution in [2.45, 2.75) is 25.8 Å². The van der Waals surface area contributed by atoms with Crippen molar-refractivity contribution < 1.29 is 13.9 Å². The smallest absolute Gasteiger partial charge is 0.270 e. The van der Waals surface area contributed by atoms with E-state index in [1.165, 1.54) is 16.8 Å². The highest BCUT2D eigenvalue weighted by Gasteiger charge is 2.23. The van der Waals surface area contributed by atoms with E-state index in [1.807, 2.05) is 0 Å². The Hall–Kier alpha value is -2.57. The van der Waals surface area contributed by atoms with Crippen LogP contribution in [-0.2, 0) is 7.05 Å². The van der Waals surface area contributed by atoms with Crippen LogP contribution in [0.5, 0.6) is 5.75 Å². The zero-order chi connectivity index (χ0) is 17.3. The van der Waals surface area contributed by atoms with E-state index in [4.69, 9.17) is 4.74 Å². The molecule has 1 fully saturated rings. The number of nitrogens with one attached hydrogen (secondary N) is 2. The number of nitrogens with zero attached hydrogens (tertiary/aromatic N) is 1. The fourth-order valence-corrected chi connectivity index (χ4v) is 2.45. The minimum absolute atomic E-state index is 0.219. The Bertz CT molecular complexity index is 808. The standard InChI is InChI=1S/C17H20FN3O3/c1-10(19-17(23)14-8-16(22)20-21(14)2)12-5-6-15(13(18)7-12)24-9-11-3-4-11/h5-8,10-11H,3-4,9H2,1-2H3,(H,19,23)(H,20,22). The monoisotopic (exact) mass is 333 g/mol. The molecular weight excluding hydrogens is 313 g/mol. The lowest BCUT2D eigenvalue weighted by molar-refractivity contribution is 0.0930. The Morgan fingerprint density at radius 2 is 2.21 bits per heavy atom. The summed E-state index contributed by atoms with van der Waals surface area (Å²) in [7, 11) is 1.58. The van der Waals surface area contributed by atoms with Gasteiger partial charge >= 0.3 is 0 Å². The van der Waals surface area contributed by atoms with E-state index in [2.05, 4.69) is 10.4 Å². The van der Waals surface area contributed by atoms with Gasteiger partial charge in [0.2, 0.25) is 0 Å². The van der Waals surface area contributed by atoms with Crippen LogP contribution in [0.25, 0.3) is 0 Å². The van der Waals surface area contributed by atoms with Crippen molar-refractivity contribution in [3.05, 3.63) is 51.7 Å². The van der Waals surface area contributed by atoms with Crippen molar-refractivity contribution in [1.29, 1.82) is 0 Å². The largest absolute Gasteiger partial charge is 0.490 e. The summed E-state index contributed by atoms with van der Waals surface area (Å²) < 4.78 is 20.9. The number of amides is 1. The molecule has 1 unspecified atom stereocenters. The molecule has 2 N–H and O–H groups in total. The maximum absolute atomic E-state index is 14.1. The average molecular weight is 333 g/mol. The number of aryl methyl sites for hydroxylation is 1. The van der Waals surface area contributed by atoms with E-state index >= 15 is 0 Å². The van der Waals surface area contributed by atoms with Crippen LogP contribution in [0, 0.1) is 11.7 Å². The zero-order valence-electron chi connectivity index (χ0n) is 13.6. The second-order valence-corrected chi connectivity index (χ2v) is 6.20. The Balaban J connectivity index is 1.66. The van der Waals surface area contributed by atoms with Gasteiger partial charge in [0.05, 0.1) is 12.6 Å². The molecule has 1 aromatic carbocycles. The minimum Gasteiger partial charge on any atom is -0.490 e. The van der Waals surface area contributed by atoms with Crippen LogP contribution in [0.3, 0.4) is 0 Å². The van der Waals surface area contributed by atoms with Gasteiger partial charge in [0.15, 0.2) is 11.6 Å². The third-order valence-corrected chi connectivity index (χ3v) is 4.11. The van der Waals surface area contributed by atoms with E-state index in [9.17, 15) is 14.0 Å². The van der Waals surface area contributed by atoms with Crippen molar-refractivity contribution in [1.82, 2.24) is 15.1 Å². The number of carbonyl (C=O) groups excluding carboxylic acids is 1. The molecular formula is C17H20FN3O3. The predicted molar refractivity (Wildman–Crippen MR) is 86.5 cm³/mol. The number of H-pyrrole nitrogens is 1. The lowest BCUT2D eigenvalue weighted by Crippen LogP contribution is -2.28. The van der Waals surface area contributed by atoms with Gasteiger partial charge in [0.25, 0.3) is 11.5 Å². The number of hydrogen-bond donors (Lipinski definition) is 2. The first-order valence-electron chi connectivity index (χ1n) is 7.93. The minimum atomic E-state index is -0.441. The summed E-state index contributed by atoms with van der Waals surface area (Å²) in [6, 6.07) is 5.49. The summed E-state index contributed by atoms with van der Waals surface area (Å²) in [5.41, 5.74) is 0.496. The molecule has 1 atom stereocenters. The summed E-state index contributed by atoms with van der Waals surface area (Å²) >= 11 is 0. The number of benzene rings is 1.